The molecule has 0 bridgehead atoms. The summed E-state index contributed by atoms with van der Waals surface area (Å²) < 4.78 is 37.7. The van der Waals surface area contributed by atoms with Gasteiger partial charge in [-0.25, -0.2) is 17.1 Å². The van der Waals surface area contributed by atoms with Crippen LogP contribution in [0.2, 0.25) is 0 Å². The molecular weight excluding hydrogens is 279 g/mol. The number of aromatic nitrogens is 1. The molecule has 1 saturated heterocycles. The summed E-state index contributed by atoms with van der Waals surface area (Å²) in [6.07, 6.45) is 2.84. The van der Waals surface area contributed by atoms with Crippen LogP contribution in [0.25, 0.3) is 10.9 Å². The fourth-order valence-corrected chi connectivity index (χ4v) is 3.72. The second kappa shape index (κ2) is 4.86. The highest BCUT2D eigenvalue weighted by molar-refractivity contribution is 7.88. The zero-order valence-corrected chi connectivity index (χ0v) is 12.1. The summed E-state index contributed by atoms with van der Waals surface area (Å²) >= 11 is 0. The smallest absolute Gasteiger partial charge is 0.211 e. The number of H-pyrrole nitrogens is 1. The second-order valence-electron chi connectivity index (χ2n) is 5.39. The highest BCUT2D eigenvalue weighted by atomic mass is 32.2. The monoisotopic (exact) mass is 296 g/mol. The molecule has 0 amide bonds. The van der Waals surface area contributed by atoms with E-state index in [-0.39, 0.29) is 5.82 Å². The fraction of sp³-hybridized carbons (Fsp3) is 0.429. The van der Waals surface area contributed by atoms with Crippen LogP contribution in [-0.4, -0.2) is 37.1 Å². The van der Waals surface area contributed by atoms with Gasteiger partial charge in [0.15, 0.2) is 0 Å². The molecule has 1 aliphatic rings. The Labute approximate surface area is 117 Å². The van der Waals surface area contributed by atoms with Gasteiger partial charge in [0.2, 0.25) is 10.0 Å². The first-order valence-electron chi connectivity index (χ1n) is 6.67. The SMILES string of the molecule is CS(=O)(=O)N1CCC(c2cc3cc(F)ccc3[nH]2)CC1. The van der Waals surface area contributed by atoms with Gasteiger partial charge in [-0.2, -0.15) is 0 Å². The number of hydrogen-bond acceptors (Lipinski definition) is 2. The second-order valence-corrected chi connectivity index (χ2v) is 7.38. The highest BCUT2D eigenvalue weighted by Crippen LogP contribution is 2.30. The van der Waals surface area contributed by atoms with Crippen molar-refractivity contribution in [3.63, 3.8) is 0 Å². The number of aromatic amines is 1. The first-order valence-corrected chi connectivity index (χ1v) is 8.51. The zero-order valence-electron chi connectivity index (χ0n) is 11.3. The van der Waals surface area contributed by atoms with E-state index in [1.54, 1.807) is 6.07 Å². The van der Waals surface area contributed by atoms with Crippen molar-refractivity contribution in [2.45, 2.75) is 18.8 Å². The molecule has 1 aromatic carbocycles. The van der Waals surface area contributed by atoms with E-state index in [0.29, 0.717) is 19.0 Å². The molecule has 0 radical (unpaired) electrons. The van der Waals surface area contributed by atoms with E-state index in [0.717, 1.165) is 29.4 Å². The van der Waals surface area contributed by atoms with Crippen LogP contribution in [0.5, 0.6) is 0 Å². The molecule has 0 spiro atoms. The zero-order chi connectivity index (χ0) is 14.3. The van der Waals surface area contributed by atoms with Crippen molar-refractivity contribution in [1.82, 2.24) is 9.29 Å². The molecule has 1 aliphatic heterocycles. The van der Waals surface area contributed by atoms with Gasteiger partial charge in [-0.15, -0.1) is 0 Å². The number of fused-ring (bicyclic) bond motifs is 1. The maximum Gasteiger partial charge on any atom is 0.211 e. The van der Waals surface area contributed by atoms with Crippen LogP contribution in [0, 0.1) is 5.82 Å². The first kappa shape index (κ1) is 13.6. The lowest BCUT2D eigenvalue weighted by Gasteiger charge is -2.29. The third kappa shape index (κ3) is 2.58. The van der Waals surface area contributed by atoms with Crippen LogP contribution >= 0.6 is 0 Å². The van der Waals surface area contributed by atoms with E-state index < -0.39 is 10.0 Å². The van der Waals surface area contributed by atoms with Gasteiger partial charge in [-0.05, 0) is 37.1 Å². The van der Waals surface area contributed by atoms with Crippen molar-refractivity contribution in [3.8, 4) is 0 Å². The number of sulfonamides is 1. The van der Waals surface area contributed by atoms with E-state index in [2.05, 4.69) is 4.98 Å². The van der Waals surface area contributed by atoms with Crippen LogP contribution in [-0.2, 0) is 10.0 Å². The van der Waals surface area contributed by atoms with E-state index in [1.165, 1.54) is 22.7 Å². The van der Waals surface area contributed by atoms with Gasteiger partial charge in [0.25, 0.3) is 0 Å². The molecule has 2 heterocycles. The molecule has 4 nitrogen and oxygen atoms in total. The van der Waals surface area contributed by atoms with Crippen molar-refractivity contribution in [2.24, 2.45) is 0 Å². The number of halogens is 1. The maximum absolute atomic E-state index is 13.2. The van der Waals surface area contributed by atoms with E-state index in [1.807, 2.05) is 6.07 Å². The largest absolute Gasteiger partial charge is 0.358 e. The Morgan fingerprint density at radius 2 is 1.95 bits per heavy atom. The number of nitrogens with zero attached hydrogens (tertiary/aromatic N) is 1. The third-order valence-corrected chi connectivity index (χ3v) is 5.27. The Kier molecular flexibility index (Phi) is 3.30. The van der Waals surface area contributed by atoms with Crippen molar-refractivity contribution in [1.29, 1.82) is 0 Å². The summed E-state index contributed by atoms with van der Waals surface area (Å²) in [6.45, 7) is 1.10. The summed E-state index contributed by atoms with van der Waals surface area (Å²) in [7, 11) is -3.09. The lowest BCUT2D eigenvalue weighted by Crippen LogP contribution is -2.37. The number of piperidine rings is 1. The molecule has 20 heavy (non-hydrogen) atoms. The molecule has 2 aromatic rings. The molecule has 1 fully saturated rings. The standard InChI is InChI=1S/C14H17FN2O2S/c1-20(18,19)17-6-4-10(5-7-17)14-9-11-8-12(15)2-3-13(11)16-14/h2-3,8-10,16H,4-7H2,1H3. The molecule has 0 atom stereocenters. The summed E-state index contributed by atoms with van der Waals surface area (Å²) in [5, 5.41) is 0.866. The Morgan fingerprint density at radius 1 is 1.25 bits per heavy atom. The van der Waals surface area contributed by atoms with Gasteiger partial charge in [-0.3, -0.25) is 0 Å². The van der Waals surface area contributed by atoms with Crippen molar-refractivity contribution in [3.05, 3.63) is 35.8 Å². The average Bonchev–Trinajstić information content (AvgIpc) is 2.80. The van der Waals surface area contributed by atoms with Gasteiger partial charge in [0, 0.05) is 35.6 Å². The molecule has 1 N–H and O–H groups in total. The lowest BCUT2D eigenvalue weighted by atomic mass is 9.95. The van der Waals surface area contributed by atoms with Gasteiger partial charge >= 0.3 is 0 Å². The van der Waals surface area contributed by atoms with Crippen LogP contribution in [0.1, 0.15) is 24.5 Å². The Bertz CT molecular complexity index is 731. The van der Waals surface area contributed by atoms with Crippen LogP contribution in [0.4, 0.5) is 4.39 Å². The van der Waals surface area contributed by atoms with Crippen molar-refractivity contribution in [2.75, 3.05) is 19.3 Å². The number of hydrogen-bond donors (Lipinski definition) is 1. The van der Waals surface area contributed by atoms with E-state index >= 15 is 0 Å². The minimum atomic E-state index is -3.09. The lowest BCUT2D eigenvalue weighted by molar-refractivity contribution is 0.319. The molecule has 0 unspecified atom stereocenters. The number of nitrogens with one attached hydrogen (secondary N) is 1. The summed E-state index contributed by atoms with van der Waals surface area (Å²) in [5.41, 5.74) is 1.99. The van der Waals surface area contributed by atoms with Gasteiger partial charge in [0.1, 0.15) is 5.82 Å². The Hall–Kier alpha value is -1.40. The molecular formula is C14H17FN2O2S. The first-order chi connectivity index (χ1) is 9.43. The van der Waals surface area contributed by atoms with Crippen LogP contribution in [0.3, 0.4) is 0 Å². The number of rotatable bonds is 2. The highest BCUT2D eigenvalue weighted by Gasteiger charge is 2.26. The van der Waals surface area contributed by atoms with Gasteiger partial charge < -0.3 is 4.98 Å². The summed E-state index contributed by atoms with van der Waals surface area (Å²) in [5.74, 6) is 0.0680. The Balaban J connectivity index is 1.80. The van der Waals surface area contributed by atoms with Gasteiger partial charge in [-0.1, -0.05) is 0 Å². The third-order valence-electron chi connectivity index (χ3n) is 3.97. The van der Waals surface area contributed by atoms with Crippen LogP contribution < -0.4 is 0 Å². The molecule has 6 heteroatoms. The quantitative estimate of drug-likeness (QED) is 0.925. The normalized spacial score (nSPS) is 18.7. The van der Waals surface area contributed by atoms with Crippen molar-refractivity contribution < 1.29 is 12.8 Å². The topological polar surface area (TPSA) is 53.2 Å². The minimum absolute atomic E-state index is 0.241. The fourth-order valence-electron chi connectivity index (χ4n) is 2.84. The molecule has 108 valence electrons. The average molecular weight is 296 g/mol. The van der Waals surface area contributed by atoms with E-state index in [4.69, 9.17) is 0 Å². The molecule has 0 aliphatic carbocycles. The van der Waals surface area contributed by atoms with Crippen molar-refractivity contribution >= 4 is 20.9 Å². The van der Waals surface area contributed by atoms with Crippen LogP contribution in [0.15, 0.2) is 24.3 Å². The summed E-state index contributed by atoms with van der Waals surface area (Å²) in [4.78, 5) is 3.31. The van der Waals surface area contributed by atoms with Gasteiger partial charge in [0.05, 0.1) is 6.26 Å². The number of benzene rings is 1. The predicted molar refractivity (Wildman–Crippen MR) is 76.6 cm³/mol. The minimum Gasteiger partial charge on any atom is -0.358 e. The van der Waals surface area contributed by atoms with E-state index in [9.17, 15) is 12.8 Å². The molecule has 3 rings (SSSR count). The molecule has 1 aromatic heterocycles. The predicted octanol–water partition coefficient (Wildman–Crippen LogP) is 2.45. The summed E-state index contributed by atoms with van der Waals surface area (Å²) in [6, 6.07) is 6.66. The Morgan fingerprint density at radius 3 is 2.60 bits per heavy atom. The molecule has 0 saturated carbocycles. The maximum atomic E-state index is 13.2.